The van der Waals surface area contributed by atoms with Crippen molar-refractivity contribution in [1.82, 2.24) is 4.90 Å². The van der Waals surface area contributed by atoms with E-state index in [0.717, 1.165) is 30.2 Å². The van der Waals surface area contributed by atoms with Crippen molar-refractivity contribution < 1.29 is 23.8 Å². The van der Waals surface area contributed by atoms with E-state index in [1.165, 1.54) is 6.92 Å². The molecular formula is C19H23NO5. The molecular weight excluding hydrogens is 322 g/mol. The van der Waals surface area contributed by atoms with E-state index in [-0.39, 0.29) is 6.04 Å². The van der Waals surface area contributed by atoms with Crippen LogP contribution in [0.1, 0.15) is 30.0 Å². The van der Waals surface area contributed by atoms with Crippen LogP contribution in [0.25, 0.3) is 0 Å². The molecule has 25 heavy (non-hydrogen) atoms. The second-order valence-electron chi connectivity index (χ2n) is 6.25. The van der Waals surface area contributed by atoms with Crippen molar-refractivity contribution in [2.75, 3.05) is 19.8 Å². The third-order valence-electron chi connectivity index (χ3n) is 4.30. The van der Waals surface area contributed by atoms with Crippen molar-refractivity contribution in [2.45, 2.75) is 32.5 Å². The maximum Gasteiger partial charge on any atom is 0.344 e. The summed E-state index contributed by atoms with van der Waals surface area (Å²) >= 11 is 0. The molecule has 3 rings (SSSR count). The fourth-order valence-electron chi connectivity index (χ4n) is 2.88. The number of carboxylic acids is 1. The number of rotatable bonds is 6. The van der Waals surface area contributed by atoms with Crippen LogP contribution in [0, 0.1) is 6.92 Å². The molecule has 1 aromatic heterocycles. The van der Waals surface area contributed by atoms with Gasteiger partial charge in [0.05, 0.1) is 19.3 Å². The topological polar surface area (TPSA) is 72.1 Å². The summed E-state index contributed by atoms with van der Waals surface area (Å²) in [5, 5.41) is 8.90. The molecule has 1 fully saturated rings. The Morgan fingerprint density at radius 2 is 2.08 bits per heavy atom. The molecule has 1 N–H and O–H groups in total. The number of aryl methyl sites for hydroxylation is 1. The fourth-order valence-corrected chi connectivity index (χ4v) is 2.88. The predicted molar refractivity (Wildman–Crippen MR) is 91.6 cm³/mol. The van der Waals surface area contributed by atoms with Crippen molar-refractivity contribution in [3.63, 3.8) is 0 Å². The summed E-state index contributed by atoms with van der Waals surface area (Å²) in [5.41, 5.74) is 1.13. The highest BCUT2D eigenvalue weighted by atomic mass is 16.5. The maximum atomic E-state index is 10.9. The fraction of sp³-hybridized carbons (Fsp3) is 0.421. The van der Waals surface area contributed by atoms with Crippen molar-refractivity contribution in [2.24, 2.45) is 0 Å². The minimum absolute atomic E-state index is 0.102. The second-order valence-corrected chi connectivity index (χ2v) is 6.25. The number of hydrogen-bond donors (Lipinski definition) is 1. The summed E-state index contributed by atoms with van der Waals surface area (Å²) in [6.45, 7) is 6.37. The van der Waals surface area contributed by atoms with E-state index in [1.807, 2.05) is 31.2 Å². The largest absolute Gasteiger partial charge is 0.479 e. The molecule has 0 amide bonds. The number of hydrogen-bond acceptors (Lipinski definition) is 5. The third kappa shape index (κ3) is 4.41. The average Bonchev–Trinajstić information content (AvgIpc) is 3.03. The first-order valence-electron chi connectivity index (χ1n) is 8.39. The number of carboxylic acid groups (broad SMARTS) is 1. The van der Waals surface area contributed by atoms with Crippen LogP contribution in [0.3, 0.4) is 0 Å². The molecule has 2 atom stereocenters. The number of aliphatic carboxylic acids is 1. The van der Waals surface area contributed by atoms with Gasteiger partial charge in [0.25, 0.3) is 0 Å². The summed E-state index contributed by atoms with van der Waals surface area (Å²) in [6.07, 6.45) is -0.864. The van der Waals surface area contributed by atoms with Crippen molar-refractivity contribution in [3.8, 4) is 5.75 Å². The molecule has 0 aliphatic carbocycles. The summed E-state index contributed by atoms with van der Waals surface area (Å²) in [6, 6.07) is 11.6. The first kappa shape index (κ1) is 17.5. The zero-order chi connectivity index (χ0) is 17.8. The van der Waals surface area contributed by atoms with Gasteiger partial charge in [-0.05, 0) is 43.7 Å². The van der Waals surface area contributed by atoms with Crippen LogP contribution in [0.15, 0.2) is 40.8 Å². The highest BCUT2D eigenvalue weighted by Crippen LogP contribution is 2.27. The number of nitrogens with zero attached hydrogens (tertiary/aromatic N) is 1. The van der Waals surface area contributed by atoms with Gasteiger partial charge in [-0.25, -0.2) is 4.79 Å². The lowest BCUT2D eigenvalue weighted by Gasteiger charge is -2.34. The molecule has 0 radical (unpaired) electrons. The van der Waals surface area contributed by atoms with Crippen LogP contribution in [-0.2, 0) is 16.1 Å². The number of benzene rings is 1. The van der Waals surface area contributed by atoms with E-state index in [1.54, 1.807) is 12.1 Å². The predicted octanol–water partition coefficient (Wildman–Crippen LogP) is 3.01. The Bertz CT molecular complexity index is 709. The highest BCUT2D eigenvalue weighted by molar-refractivity contribution is 5.72. The van der Waals surface area contributed by atoms with E-state index in [2.05, 4.69) is 4.90 Å². The van der Waals surface area contributed by atoms with E-state index in [4.69, 9.17) is 19.0 Å². The number of ether oxygens (including phenoxy) is 2. The quantitative estimate of drug-likeness (QED) is 0.868. The smallest absolute Gasteiger partial charge is 0.344 e. The SMILES string of the molecule is Cc1ccc(C2COCCN2Cc2ccc(OC(C)C(=O)O)cc2)o1. The summed E-state index contributed by atoms with van der Waals surface area (Å²) in [5.74, 6) is 1.40. The first-order valence-corrected chi connectivity index (χ1v) is 8.39. The molecule has 2 heterocycles. The van der Waals surface area contributed by atoms with Gasteiger partial charge < -0.3 is 19.0 Å². The van der Waals surface area contributed by atoms with Crippen molar-refractivity contribution in [3.05, 3.63) is 53.5 Å². The molecule has 0 bridgehead atoms. The second kappa shape index (κ2) is 7.72. The number of carbonyl (C=O) groups is 1. The van der Waals surface area contributed by atoms with Crippen LogP contribution in [0.4, 0.5) is 0 Å². The minimum Gasteiger partial charge on any atom is -0.479 e. The molecule has 1 aliphatic rings. The molecule has 1 saturated heterocycles. The van der Waals surface area contributed by atoms with Gasteiger partial charge in [-0.1, -0.05) is 12.1 Å². The van der Waals surface area contributed by atoms with Crippen molar-refractivity contribution in [1.29, 1.82) is 0 Å². The minimum atomic E-state index is -0.978. The monoisotopic (exact) mass is 345 g/mol. The molecule has 134 valence electrons. The average molecular weight is 345 g/mol. The third-order valence-corrected chi connectivity index (χ3v) is 4.30. The molecule has 2 aromatic rings. The lowest BCUT2D eigenvalue weighted by molar-refractivity contribution is -0.144. The van der Waals surface area contributed by atoms with E-state index >= 15 is 0 Å². The molecule has 2 unspecified atom stereocenters. The summed E-state index contributed by atoms with van der Waals surface area (Å²) < 4.78 is 16.8. The molecule has 1 aromatic carbocycles. The number of furan rings is 1. The van der Waals surface area contributed by atoms with Crippen LogP contribution in [0.2, 0.25) is 0 Å². The lowest BCUT2D eigenvalue weighted by Crippen LogP contribution is -2.38. The summed E-state index contributed by atoms with van der Waals surface area (Å²) in [7, 11) is 0. The van der Waals surface area contributed by atoms with Gasteiger partial charge >= 0.3 is 5.97 Å². The zero-order valence-electron chi connectivity index (χ0n) is 14.5. The Kier molecular flexibility index (Phi) is 5.40. The Morgan fingerprint density at radius 1 is 1.32 bits per heavy atom. The molecule has 0 spiro atoms. The van der Waals surface area contributed by atoms with E-state index < -0.39 is 12.1 Å². The van der Waals surface area contributed by atoms with Gasteiger partial charge in [-0.3, -0.25) is 4.90 Å². The summed E-state index contributed by atoms with van der Waals surface area (Å²) in [4.78, 5) is 13.2. The normalized spacial score (nSPS) is 19.5. The lowest BCUT2D eigenvalue weighted by atomic mass is 10.1. The van der Waals surface area contributed by atoms with Crippen LogP contribution >= 0.6 is 0 Å². The van der Waals surface area contributed by atoms with Gasteiger partial charge in [-0.2, -0.15) is 0 Å². The van der Waals surface area contributed by atoms with Crippen LogP contribution < -0.4 is 4.74 Å². The molecule has 1 aliphatic heterocycles. The first-order chi connectivity index (χ1) is 12.0. The van der Waals surface area contributed by atoms with Gasteiger partial charge in [0.1, 0.15) is 17.3 Å². The highest BCUT2D eigenvalue weighted by Gasteiger charge is 2.27. The zero-order valence-corrected chi connectivity index (χ0v) is 14.5. The van der Waals surface area contributed by atoms with Gasteiger partial charge in [-0.15, -0.1) is 0 Å². The standard InChI is InChI=1S/C19H23NO5/c1-13-3-8-18(24-13)17-12-23-10-9-20(17)11-15-4-6-16(7-5-15)25-14(2)19(21)22/h3-8,14,17H,9-12H2,1-2H3,(H,21,22). The van der Waals surface area contributed by atoms with Gasteiger partial charge in [0.2, 0.25) is 0 Å². The maximum absolute atomic E-state index is 10.9. The van der Waals surface area contributed by atoms with E-state index in [9.17, 15) is 4.79 Å². The number of morpholine rings is 1. The van der Waals surface area contributed by atoms with Crippen molar-refractivity contribution >= 4 is 5.97 Å². The molecule has 6 nitrogen and oxygen atoms in total. The Labute approximate surface area is 147 Å². The molecule has 0 saturated carbocycles. The van der Waals surface area contributed by atoms with Crippen LogP contribution in [-0.4, -0.2) is 41.8 Å². The Hall–Kier alpha value is -2.31. The van der Waals surface area contributed by atoms with E-state index in [0.29, 0.717) is 19.0 Å². The Morgan fingerprint density at radius 3 is 2.72 bits per heavy atom. The van der Waals surface area contributed by atoms with Gasteiger partial charge in [0, 0.05) is 13.1 Å². The molecule has 6 heteroatoms. The van der Waals surface area contributed by atoms with Gasteiger partial charge in [0.15, 0.2) is 6.10 Å². The van der Waals surface area contributed by atoms with Crippen LogP contribution in [0.5, 0.6) is 5.75 Å². The Balaban J connectivity index is 1.66.